The predicted molar refractivity (Wildman–Crippen MR) is 71.4 cm³/mol. The van der Waals surface area contributed by atoms with Gasteiger partial charge in [-0.15, -0.1) is 0 Å². The Morgan fingerprint density at radius 2 is 2.33 bits per heavy atom. The lowest BCUT2D eigenvalue weighted by molar-refractivity contribution is 0.185. The molecule has 1 N–H and O–H groups in total. The maximum Gasteiger partial charge on any atom is 0.128 e. The van der Waals surface area contributed by atoms with Crippen LogP contribution in [0.5, 0.6) is 5.75 Å². The molecule has 0 saturated carbocycles. The maximum atomic E-state index is 13.1. The second kappa shape index (κ2) is 7.07. The van der Waals surface area contributed by atoms with Gasteiger partial charge in [0.15, 0.2) is 0 Å². The van der Waals surface area contributed by atoms with Crippen molar-refractivity contribution in [1.29, 1.82) is 0 Å². The molecular weight excluding hydrogens is 301 g/mol. The number of rotatable bonds is 6. The van der Waals surface area contributed by atoms with E-state index >= 15 is 0 Å². The quantitative estimate of drug-likeness (QED) is 0.818. The van der Waals surface area contributed by atoms with Crippen LogP contribution >= 0.6 is 15.9 Å². The van der Waals surface area contributed by atoms with E-state index in [4.69, 9.17) is 9.47 Å². The van der Waals surface area contributed by atoms with Gasteiger partial charge in [-0.1, -0.05) is 15.9 Å². The summed E-state index contributed by atoms with van der Waals surface area (Å²) >= 11 is 3.23. The summed E-state index contributed by atoms with van der Waals surface area (Å²) in [6, 6.07) is 4.55. The smallest absolute Gasteiger partial charge is 0.128 e. The van der Waals surface area contributed by atoms with E-state index in [0.717, 1.165) is 32.7 Å². The second-order valence-electron chi connectivity index (χ2n) is 4.39. The standard InChI is InChI=1S/C13H17BrFNO2/c14-11-5-12(15)7-13(6-11)18-4-2-16-8-10-1-3-17-9-10/h5-7,10,16H,1-4,8-9H2. The first-order valence-electron chi connectivity index (χ1n) is 6.11. The van der Waals surface area contributed by atoms with Crippen LogP contribution in [-0.4, -0.2) is 32.9 Å². The number of hydrogen-bond donors (Lipinski definition) is 1. The zero-order valence-corrected chi connectivity index (χ0v) is 11.7. The fraction of sp³-hybridized carbons (Fsp3) is 0.538. The van der Waals surface area contributed by atoms with Gasteiger partial charge in [-0.2, -0.15) is 0 Å². The van der Waals surface area contributed by atoms with E-state index < -0.39 is 0 Å². The molecule has 1 aromatic rings. The van der Waals surface area contributed by atoms with Gasteiger partial charge in [-0.05, 0) is 24.5 Å². The molecule has 1 aromatic carbocycles. The van der Waals surface area contributed by atoms with Crippen molar-refractivity contribution in [3.8, 4) is 5.75 Å². The molecule has 0 spiro atoms. The molecule has 1 aliphatic heterocycles. The average Bonchev–Trinajstić information content (AvgIpc) is 2.80. The van der Waals surface area contributed by atoms with E-state index in [-0.39, 0.29) is 5.82 Å². The van der Waals surface area contributed by atoms with E-state index in [0.29, 0.717) is 22.7 Å². The first-order chi connectivity index (χ1) is 8.74. The molecule has 1 aliphatic rings. The molecule has 0 aliphatic carbocycles. The Labute approximate surface area is 115 Å². The molecule has 0 aromatic heterocycles. The largest absolute Gasteiger partial charge is 0.492 e. The van der Waals surface area contributed by atoms with Gasteiger partial charge in [0.05, 0.1) is 6.61 Å². The average molecular weight is 318 g/mol. The second-order valence-corrected chi connectivity index (χ2v) is 5.30. The number of nitrogens with one attached hydrogen (secondary N) is 1. The molecule has 0 bridgehead atoms. The van der Waals surface area contributed by atoms with E-state index in [2.05, 4.69) is 21.2 Å². The molecule has 1 atom stereocenters. The molecule has 5 heteroatoms. The zero-order chi connectivity index (χ0) is 12.8. The van der Waals surface area contributed by atoms with E-state index in [1.165, 1.54) is 12.1 Å². The van der Waals surface area contributed by atoms with Crippen molar-refractivity contribution in [3.63, 3.8) is 0 Å². The normalized spacial score (nSPS) is 19.1. The van der Waals surface area contributed by atoms with Gasteiger partial charge in [0.1, 0.15) is 18.2 Å². The summed E-state index contributed by atoms with van der Waals surface area (Å²) in [5, 5.41) is 3.32. The van der Waals surface area contributed by atoms with Gasteiger partial charge in [0.25, 0.3) is 0 Å². The highest BCUT2D eigenvalue weighted by atomic mass is 79.9. The molecule has 1 saturated heterocycles. The third-order valence-corrected chi connectivity index (χ3v) is 3.30. The van der Waals surface area contributed by atoms with Crippen LogP contribution in [0.3, 0.4) is 0 Å². The lowest BCUT2D eigenvalue weighted by Gasteiger charge is -2.10. The first-order valence-corrected chi connectivity index (χ1v) is 6.91. The summed E-state index contributed by atoms with van der Waals surface area (Å²) in [4.78, 5) is 0. The number of halogens is 2. The summed E-state index contributed by atoms with van der Waals surface area (Å²) < 4.78 is 24.5. The molecule has 0 amide bonds. The Kier molecular flexibility index (Phi) is 5.41. The highest BCUT2D eigenvalue weighted by Crippen LogP contribution is 2.20. The minimum absolute atomic E-state index is 0.296. The summed E-state index contributed by atoms with van der Waals surface area (Å²) in [7, 11) is 0. The minimum Gasteiger partial charge on any atom is -0.492 e. The third-order valence-electron chi connectivity index (χ3n) is 2.84. The van der Waals surface area contributed by atoms with Crippen LogP contribution in [-0.2, 0) is 4.74 Å². The van der Waals surface area contributed by atoms with Crippen LogP contribution in [0.1, 0.15) is 6.42 Å². The van der Waals surface area contributed by atoms with Crippen LogP contribution in [0.15, 0.2) is 22.7 Å². The van der Waals surface area contributed by atoms with Crippen LogP contribution in [0.25, 0.3) is 0 Å². The number of hydrogen-bond acceptors (Lipinski definition) is 3. The molecule has 1 heterocycles. The highest BCUT2D eigenvalue weighted by Gasteiger charge is 2.14. The monoisotopic (exact) mass is 317 g/mol. The summed E-state index contributed by atoms with van der Waals surface area (Å²) in [6.45, 7) is 3.97. The van der Waals surface area contributed by atoms with Crippen LogP contribution in [0.4, 0.5) is 4.39 Å². The van der Waals surface area contributed by atoms with Gasteiger partial charge in [0, 0.05) is 30.2 Å². The van der Waals surface area contributed by atoms with Crippen molar-refractivity contribution in [3.05, 3.63) is 28.5 Å². The van der Waals surface area contributed by atoms with Crippen LogP contribution in [0, 0.1) is 11.7 Å². The van der Waals surface area contributed by atoms with Crippen LogP contribution in [0.2, 0.25) is 0 Å². The van der Waals surface area contributed by atoms with Gasteiger partial charge in [0.2, 0.25) is 0 Å². The van der Waals surface area contributed by atoms with Crippen molar-refractivity contribution in [2.45, 2.75) is 6.42 Å². The highest BCUT2D eigenvalue weighted by molar-refractivity contribution is 9.10. The Morgan fingerprint density at radius 1 is 1.44 bits per heavy atom. The summed E-state index contributed by atoms with van der Waals surface area (Å²) in [5.41, 5.74) is 0. The first kappa shape index (κ1) is 13.8. The molecule has 2 rings (SSSR count). The van der Waals surface area contributed by atoms with Gasteiger partial charge in [-0.3, -0.25) is 0 Å². The number of benzene rings is 1. The number of ether oxygens (including phenoxy) is 2. The van der Waals surface area contributed by atoms with E-state index in [1.54, 1.807) is 6.07 Å². The van der Waals surface area contributed by atoms with Crippen molar-refractivity contribution in [1.82, 2.24) is 5.32 Å². The third kappa shape index (κ3) is 4.55. The lowest BCUT2D eigenvalue weighted by atomic mass is 10.1. The Balaban J connectivity index is 1.62. The summed E-state index contributed by atoms with van der Waals surface area (Å²) in [5.74, 6) is 0.872. The predicted octanol–water partition coefficient (Wildman–Crippen LogP) is 2.59. The molecule has 3 nitrogen and oxygen atoms in total. The van der Waals surface area contributed by atoms with Crippen molar-refractivity contribution >= 4 is 15.9 Å². The Morgan fingerprint density at radius 3 is 3.06 bits per heavy atom. The van der Waals surface area contributed by atoms with Gasteiger partial charge in [-0.25, -0.2) is 4.39 Å². The Bertz CT molecular complexity index is 363. The van der Waals surface area contributed by atoms with Crippen LogP contribution < -0.4 is 10.1 Å². The topological polar surface area (TPSA) is 30.5 Å². The van der Waals surface area contributed by atoms with Gasteiger partial charge >= 0.3 is 0 Å². The molecular formula is C13H17BrFNO2. The molecule has 0 radical (unpaired) electrons. The minimum atomic E-state index is -0.296. The molecule has 18 heavy (non-hydrogen) atoms. The maximum absolute atomic E-state index is 13.1. The van der Waals surface area contributed by atoms with E-state index in [9.17, 15) is 4.39 Å². The SMILES string of the molecule is Fc1cc(Br)cc(OCCNCC2CCOC2)c1. The van der Waals surface area contributed by atoms with Crippen molar-refractivity contribution in [2.24, 2.45) is 5.92 Å². The van der Waals surface area contributed by atoms with E-state index in [1.807, 2.05) is 0 Å². The van der Waals surface area contributed by atoms with Gasteiger partial charge < -0.3 is 14.8 Å². The molecule has 1 fully saturated rings. The summed E-state index contributed by atoms with van der Waals surface area (Å²) in [6.07, 6.45) is 1.13. The van der Waals surface area contributed by atoms with Crippen molar-refractivity contribution in [2.75, 3.05) is 32.9 Å². The Hall–Kier alpha value is -0.650. The van der Waals surface area contributed by atoms with Crippen molar-refractivity contribution < 1.29 is 13.9 Å². The molecule has 1 unspecified atom stereocenters. The lowest BCUT2D eigenvalue weighted by Crippen LogP contribution is -2.27. The molecule has 100 valence electrons. The fourth-order valence-electron chi connectivity index (χ4n) is 1.90. The zero-order valence-electron chi connectivity index (χ0n) is 10.1. The fourth-order valence-corrected chi connectivity index (χ4v) is 2.35.